The van der Waals surface area contributed by atoms with Crippen LogP contribution in [0.5, 0.6) is 0 Å². The second-order valence-corrected chi connectivity index (χ2v) is 14.1. The molecule has 10 aromatic rings. The summed E-state index contributed by atoms with van der Waals surface area (Å²) in [5, 5.41) is 4.96. The van der Waals surface area contributed by atoms with Crippen molar-refractivity contribution in [1.29, 1.82) is 0 Å². The molecule has 2 aromatic heterocycles. The summed E-state index contributed by atoms with van der Waals surface area (Å²) in [7, 11) is 0. The second kappa shape index (κ2) is 13.4. The summed E-state index contributed by atoms with van der Waals surface area (Å²) in [6.45, 7) is 4.42. The highest BCUT2D eigenvalue weighted by Gasteiger charge is 2.21. The van der Waals surface area contributed by atoms with Crippen LogP contribution in [0.15, 0.2) is 182 Å². The highest BCUT2D eigenvalue weighted by Crippen LogP contribution is 2.41. The van der Waals surface area contributed by atoms with Crippen molar-refractivity contribution in [2.24, 2.45) is 0 Å². The maximum absolute atomic E-state index is 5.21. The molecule has 0 saturated heterocycles. The van der Waals surface area contributed by atoms with Crippen LogP contribution in [0.25, 0.3) is 94.7 Å². The molecule has 2 heterocycles. The molecule has 0 spiro atoms. The Morgan fingerprint density at radius 2 is 0.927 bits per heavy atom. The number of benzene rings is 8. The first kappa shape index (κ1) is 32.5. The first-order valence-corrected chi connectivity index (χ1v) is 18.7. The zero-order valence-electron chi connectivity index (χ0n) is 30.6. The number of hydrogen-bond acceptors (Lipinski definition) is 3. The van der Waals surface area contributed by atoms with Crippen LogP contribution < -0.4 is 0 Å². The van der Waals surface area contributed by atoms with E-state index in [1.165, 1.54) is 43.7 Å². The summed E-state index contributed by atoms with van der Waals surface area (Å²) in [6, 6.07) is 64.2. The molecule has 4 nitrogen and oxygen atoms in total. The zero-order chi connectivity index (χ0) is 36.9. The number of rotatable bonds is 6. The number of para-hydroxylation sites is 1. The Morgan fingerprint density at radius 1 is 0.382 bits per heavy atom. The molecule has 0 aliphatic rings. The van der Waals surface area contributed by atoms with Crippen LogP contribution in [0.4, 0.5) is 0 Å². The SMILES string of the molecule is Cc1cccc(-c2nc(-c3ccccc3)nc(-c3ccc(-c4ccccc4)cc3)n2)c1-c1cccc(-n2c3ccccc3c3cc4ccccc4cc32)c1C. The van der Waals surface area contributed by atoms with Gasteiger partial charge >= 0.3 is 0 Å². The van der Waals surface area contributed by atoms with E-state index in [-0.39, 0.29) is 0 Å². The Balaban J connectivity index is 1.16. The lowest BCUT2D eigenvalue weighted by Gasteiger charge is -2.19. The van der Waals surface area contributed by atoms with E-state index in [9.17, 15) is 0 Å². The van der Waals surface area contributed by atoms with Gasteiger partial charge in [0.15, 0.2) is 17.5 Å². The van der Waals surface area contributed by atoms with Gasteiger partial charge in [-0.15, -0.1) is 0 Å². The fourth-order valence-electron chi connectivity index (χ4n) is 8.05. The summed E-state index contributed by atoms with van der Waals surface area (Å²) < 4.78 is 2.43. The second-order valence-electron chi connectivity index (χ2n) is 14.1. The highest BCUT2D eigenvalue weighted by atomic mass is 15.0. The molecule has 0 fully saturated rings. The number of nitrogens with zero attached hydrogens (tertiary/aromatic N) is 4. The van der Waals surface area contributed by atoms with Crippen LogP contribution in [0.2, 0.25) is 0 Å². The number of fused-ring (bicyclic) bond motifs is 4. The molecular formula is C51H36N4. The molecule has 0 unspecified atom stereocenters. The predicted molar refractivity (Wildman–Crippen MR) is 228 cm³/mol. The predicted octanol–water partition coefficient (Wildman–Crippen LogP) is 13.1. The maximum atomic E-state index is 5.21. The molecule has 8 aromatic carbocycles. The molecule has 0 amide bonds. The maximum Gasteiger partial charge on any atom is 0.164 e. The Morgan fingerprint density at radius 3 is 1.67 bits per heavy atom. The van der Waals surface area contributed by atoms with E-state index < -0.39 is 0 Å². The van der Waals surface area contributed by atoms with Crippen LogP contribution in [-0.2, 0) is 0 Å². The van der Waals surface area contributed by atoms with Crippen molar-refractivity contribution >= 4 is 32.6 Å². The Labute approximate surface area is 320 Å². The van der Waals surface area contributed by atoms with Crippen LogP contribution in [0, 0.1) is 13.8 Å². The van der Waals surface area contributed by atoms with Gasteiger partial charge in [-0.05, 0) is 82.3 Å². The van der Waals surface area contributed by atoms with Gasteiger partial charge in [0.2, 0.25) is 0 Å². The molecule has 0 radical (unpaired) electrons. The fourth-order valence-corrected chi connectivity index (χ4v) is 8.05. The van der Waals surface area contributed by atoms with Crippen molar-refractivity contribution in [3.8, 4) is 62.1 Å². The van der Waals surface area contributed by atoms with Gasteiger partial charge in [0, 0.05) is 33.2 Å². The number of hydrogen-bond donors (Lipinski definition) is 0. The largest absolute Gasteiger partial charge is 0.309 e. The molecule has 10 rings (SSSR count). The van der Waals surface area contributed by atoms with Gasteiger partial charge in [0.25, 0.3) is 0 Å². The van der Waals surface area contributed by atoms with E-state index in [1.807, 2.05) is 24.3 Å². The topological polar surface area (TPSA) is 43.6 Å². The first-order chi connectivity index (χ1) is 27.1. The number of aromatic nitrogens is 4. The van der Waals surface area contributed by atoms with Crippen LogP contribution in [-0.4, -0.2) is 19.5 Å². The van der Waals surface area contributed by atoms with Crippen molar-refractivity contribution in [2.75, 3.05) is 0 Å². The third-order valence-corrected chi connectivity index (χ3v) is 10.8. The smallest absolute Gasteiger partial charge is 0.164 e. The Kier molecular flexibility index (Phi) is 7.88. The molecule has 4 heteroatoms. The van der Waals surface area contributed by atoms with E-state index >= 15 is 0 Å². The summed E-state index contributed by atoms with van der Waals surface area (Å²) in [4.78, 5) is 15.4. The summed E-state index contributed by atoms with van der Waals surface area (Å²) >= 11 is 0. The zero-order valence-corrected chi connectivity index (χ0v) is 30.6. The molecular weight excluding hydrogens is 669 g/mol. The van der Waals surface area contributed by atoms with Gasteiger partial charge in [-0.3, -0.25) is 0 Å². The Bertz CT molecular complexity index is 3040. The van der Waals surface area contributed by atoms with Crippen LogP contribution in [0.1, 0.15) is 11.1 Å². The average Bonchev–Trinajstić information content (AvgIpc) is 3.56. The molecule has 0 N–H and O–H groups in total. The van der Waals surface area contributed by atoms with Gasteiger partial charge in [-0.1, -0.05) is 158 Å². The normalized spacial score (nSPS) is 11.5. The van der Waals surface area contributed by atoms with E-state index in [1.54, 1.807) is 0 Å². The Hall–Kier alpha value is -7.17. The fraction of sp³-hybridized carbons (Fsp3) is 0.0392. The van der Waals surface area contributed by atoms with E-state index in [4.69, 9.17) is 15.0 Å². The molecule has 260 valence electrons. The average molecular weight is 705 g/mol. The minimum atomic E-state index is 0.638. The quantitative estimate of drug-likeness (QED) is 0.173. The van der Waals surface area contributed by atoms with Gasteiger partial charge < -0.3 is 4.57 Å². The molecule has 0 atom stereocenters. The third kappa shape index (κ3) is 5.67. The van der Waals surface area contributed by atoms with E-state index in [0.717, 1.165) is 44.6 Å². The van der Waals surface area contributed by atoms with Gasteiger partial charge in [-0.25, -0.2) is 15.0 Å². The van der Waals surface area contributed by atoms with Crippen LogP contribution in [0.3, 0.4) is 0 Å². The molecule has 0 aliphatic carbocycles. The van der Waals surface area contributed by atoms with E-state index in [2.05, 4.69) is 176 Å². The monoisotopic (exact) mass is 704 g/mol. The molecule has 0 aliphatic heterocycles. The van der Waals surface area contributed by atoms with Crippen molar-refractivity contribution in [3.05, 3.63) is 193 Å². The van der Waals surface area contributed by atoms with Gasteiger partial charge in [0.05, 0.1) is 11.0 Å². The van der Waals surface area contributed by atoms with Crippen molar-refractivity contribution < 1.29 is 0 Å². The lowest BCUT2D eigenvalue weighted by Crippen LogP contribution is -2.03. The third-order valence-electron chi connectivity index (χ3n) is 10.8. The highest BCUT2D eigenvalue weighted by molar-refractivity contribution is 6.13. The minimum Gasteiger partial charge on any atom is -0.309 e. The lowest BCUT2D eigenvalue weighted by atomic mass is 9.91. The number of aryl methyl sites for hydroxylation is 1. The summed E-state index contributed by atoms with van der Waals surface area (Å²) in [5.74, 6) is 1.92. The van der Waals surface area contributed by atoms with E-state index in [0.29, 0.717) is 17.5 Å². The van der Waals surface area contributed by atoms with Gasteiger partial charge in [0.1, 0.15) is 0 Å². The standard InChI is InChI=1S/C51H36N4/c1-33-15-13-24-43(51-53-49(37-18-7-4-8-19-37)52-50(54-51)38-29-27-36(28-30-38)35-16-5-3-6-17-35)48(33)41-23-14-26-45(34(41)2)55-46-25-12-11-22-42(46)44-31-39-20-9-10-21-40(39)32-47(44)55/h3-32H,1-2H3. The van der Waals surface area contributed by atoms with Crippen molar-refractivity contribution in [2.45, 2.75) is 13.8 Å². The minimum absolute atomic E-state index is 0.638. The molecule has 0 saturated carbocycles. The first-order valence-electron chi connectivity index (χ1n) is 18.7. The molecule has 0 bridgehead atoms. The van der Waals surface area contributed by atoms with Gasteiger partial charge in [-0.2, -0.15) is 0 Å². The lowest BCUT2D eigenvalue weighted by molar-refractivity contribution is 1.07. The summed E-state index contributed by atoms with van der Waals surface area (Å²) in [5.41, 5.74) is 13.3. The van der Waals surface area contributed by atoms with Crippen molar-refractivity contribution in [3.63, 3.8) is 0 Å². The van der Waals surface area contributed by atoms with Crippen LogP contribution >= 0.6 is 0 Å². The van der Waals surface area contributed by atoms with Crippen molar-refractivity contribution in [1.82, 2.24) is 19.5 Å². The molecule has 55 heavy (non-hydrogen) atoms. The summed E-state index contributed by atoms with van der Waals surface area (Å²) in [6.07, 6.45) is 0.